The number of nitrogens with one attached hydrogen (secondary N) is 1. The number of carbonyl (C=O) groups excluding carboxylic acids is 1. The summed E-state index contributed by atoms with van der Waals surface area (Å²) in [5.74, 6) is 0.707. The number of ether oxygens (including phenoxy) is 1. The molecule has 2 aromatic rings. The molecule has 1 aromatic carbocycles. The van der Waals surface area contributed by atoms with E-state index in [-0.39, 0.29) is 11.8 Å². The summed E-state index contributed by atoms with van der Waals surface area (Å²) in [6.07, 6.45) is 2.39. The summed E-state index contributed by atoms with van der Waals surface area (Å²) < 4.78 is 5.60. The molecule has 1 atom stereocenters. The van der Waals surface area contributed by atoms with Crippen LogP contribution in [0.4, 0.5) is 5.13 Å². The van der Waals surface area contributed by atoms with Crippen molar-refractivity contribution < 1.29 is 9.53 Å². The van der Waals surface area contributed by atoms with Gasteiger partial charge in [0.2, 0.25) is 5.91 Å². The third-order valence-electron chi connectivity index (χ3n) is 2.91. The maximum Gasteiger partial charge on any atom is 0.233 e. The van der Waals surface area contributed by atoms with E-state index < -0.39 is 0 Å². The first-order valence-electron chi connectivity index (χ1n) is 5.74. The first kappa shape index (κ1) is 11.2. The lowest BCUT2D eigenvalue weighted by Gasteiger charge is -2.24. The van der Waals surface area contributed by atoms with Crippen LogP contribution in [-0.2, 0) is 11.2 Å². The number of hydrogen-bond acceptors (Lipinski definition) is 4. The number of carbonyl (C=O) groups is 1. The molecule has 0 radical (unpaired) electrons. The van der Waals surface area contributed by atoms with E-state index >= 15 is 0 Å². The Balaban J connectivity index is 1.70. The number of rotatable bonds is 2. The summed E-state index contributed by atoms with van der Waals surface area (Å²) in [7, 11) is 0. The zero-order valence-electron chi connectivity index (χ0n) is 9.63. The molecule has 1 unspecified atom stereocenters. The molecule has 1 aliphatic rings. The lowest BCUT2D eigenvalue weighted by molar-refractivity contribution is -0.121. The monoisotopic (exact) mass is 260 g/mol. The van der Waals surface area contributed by atoms with Crippen LogP contribution in [0.5, 0.6) is 5.75 Å². The number of nitrogens with zero attached hydrogens (tertiary/aromatic N) is 1. The first-order chi connectivity index (χ1) is 8.83. The standard InChI is InChI=1S/C13H12N2O2S/c16-12(15-13-14-5-6-18-13)10-7-9-3-1-2-4-11(9)17-8-10/h1-6,10H,7-8H2,(H,14,15,16). The lowest BCUT2D eigenvalue weighted by Crippen LogP contribution is -2.32. The predicted molar refractivity (Wildman–Crippen MR) is 69.9 cm³/mol. The second kappa shape index (κ2) is 4.78. The van der Waals surface area contributed by atoms with E-state index in [4.69, 9.17) is 4.74 Å². The highest BCUT2D eigenvalue weighted by Gasteiger charge is 2.26. The zero-order valence-corrected chi connectivity index (χ0v) is 10.4. The molecule has 3 rings (SSSR count). The minimum absolute atomic E-state index is 0.0283. The molecular formula is C13H12N2O2S. The van der Waals surface area contributed by atoms with Gasteiger partial charge in [0.1, 0.15) is 12.4 Å². The van der Waals surface area contributed by atoms with Gasteiger partial charge in [0, 0.05) is 11.6 Å². The average Bonchev–Trinajstić information content (AvgIpc) is 2.91. The predicted octanol–water partition coefficient (Wildman–Crippen LogP) is 2.33. The van der Waals surface area contributed by atoms with E-state index in [1.165, 1.54) is 11.3 Å². The molecule has 18 heavy (non-hydrogen) atoms. The molecular weight excluding hydrogens is 248 g/mol. The van der Waals surface area contributed by atoms with Crippen molar-refractivity contribution in [1.82, 2.24) is 4.98 Å². The number of para-hydroxylation sites is 1. The van der Waals surface area contributed by atoms with Crippen molar-refractivity contribution in [3.8, 4) is 5.75 Å². The van der Waals surface area contributed by atoms with E-state index in [1.807, 2.05) is 29.6 Å². The van der Waals surface area contributed by atoms with Gasteiger partial charge >= 0.3 is 0 Å². The Kier molecular flexibility index (Phi) is 2.98. The molecule has 1 N–H and O–H groups in total. The van der Waals surface area contributed by atoms with E-state index in [2.05, 4.69) is 10.3 Å². The molecule has 0 saturated heterocycles. The van der Waals surface area contributed by atoms with E-state index in [0.717, 1.165) is 11.3 Å². The van der Waals surface area contributed by atoms with Crippen LogP contribution >= 0.6 is 11.3 Å². The number of amides is 1. The summed E-state index contributed by atoms with van der Waals surface area (Å²) >= 11 is 1.42. The van der Waals surface area contributed by atoms with Crippen LogP contribution in [0.25, 0.3) is 0 Å². The van der Waals surface area contributed by atoms with Crippen molar-refractivity contribution in [3.05, 3.63) is 41.4 Å². The summed E-state index contributed by atoms with van der Waals surface area (Å²) in [5, 5.41) is 5.28. The Hall–Kier alpha value is -1.88. The van der Waals surface area contributed by atoms with Gasteiger partial charge in [0.25, 0.3) is 0 Å². The lowest BCUT2D eigenvalue weighted by atomic mass is 9.96. The van der Waals surface area contributed by atoms with E-state index in [9.17, 15) is 4.79 Å². The quantitative estimate of drug-likeness (QED) is 0.901. The van der Waals surface area contributed by atoms with Crippen LogP contribution in [0.3, 0.4) is 0 Å². The highest BCUT2D eigenvalue weighted by molar-refractivity contribution is 7.13. The molecule has 0 aliphatic carbocycles. The Morgan fingerprint density at radius 1 is 1.44 bits per heavy atom. The Bertz CT molecular complexity index is 554. The molecule has 2 heterocycles. The molecule has 5 heteroatoms. The van der Waals surface area contributed by atoms with Gasteiger partial charge in [-0.1, -0.05) is 18.2 Å². The second-order valence-electron chi connectivity index (χ2n) is 4.15. The fraction of sp³-hybridized carbons (Fsp3) is 0.231. The normalized spacial score (nSPS) is 17.7. The number of anilines is 1. The van der Waals surface area contributed by atoms with Gasteiger partial charge in [-0.05, 0) is 18.1 Å². The molecule has 0 spiro atoms. The second-order valence-corrected chi connectivity index (χ2v) is 5.04. The van der Waals surface area contributed by atoms with Crippen LogP contribution in [-0.4, -0.2) is 17.5 Å². The van der Waals surface area contributed by atoms with Crippen LogP contribution in [0, 0.1) is 5.92 Å². The SMILES string of the molecule is O=C(Nc1nccs1)C1COc2ccccc2C1. The van der Waals surface area contributed by atoms with Crippen molar-refractivity contribution in [2.45, 2.75) is 6.42 Å². The van der Waals surface area contributed by atoms with Crippen LogP contribution in [0.15, 0.2) is 35.8 Å². The molecule has 1 aliphatic heterocycles. The molecule has 4 nitrogen and oxygen atoms in total. The van der Waals surface area contributed by atoms with Crippen LogP contribution in [0.2, 0.25) is 0 Å². The highest BCUT2D eigenvalue weighted by atomic mass is 32.1. The van der Waals surface area contributed by atoms with Gasteiger partial charge in [-0.2, -0.15) is 0 Å². The molecule has 92 valence electrons. The Morgan fingerprint density at radius 2 is 2.33 bits per heavy atom. The number of hydrogen-bond donors (Lipinski definition) is 1. The van der Waals surface area contributed by atoms with Gasteiger partial charge in [-0.25, -0.2) is 4.98 Å². The highest BCUT2D eigenvalue weighted by Crippen LogP contribution is 2.27. The minimum Gasteiger partial charge on any atom is -0.492 e. The van der Waals surface area contributed by atoms with Crippen molar-refractivity contribution in [3.63, 3.8) is 0 Å². The zero-order chi connectivity index (χ0) is 12.4. The van der Waals surface area contributed by atoms with Gasteiger partial charge in [0.15, 0.2) is 5.13 Å². The smallest absolute Gasteiger partial charge is 0.233 e. The van der Waals surface area contributed by atoms with Gasteiger partial charge in [-0.15, -0.1) is 11.3 Å². The van der Waals surface area contributed by atoms with Gasteiger partial charge in [0.05, 0.1) is 5.92 Å². The molecule has 1 aromatic heterocycles. The average molecular weight is 260 g/mol. The minimum atomic E-state index is -0.149. The first-order valence-corrected chi connectivity index (χ1v) is 6.62. The third kappa shape index (κ3) is 2.22. The van der Waals surface area contributed by atoms with Gasteiger partial charge in [-0.3, -0.25) is 4.79 Å². The van der Waals surface area contributed by atoms with Crippen molar-refractivity contribution in [2.24, 2.45) is 5.92 Å². The number of fused-ring (bicyclic) bond motifs is 1. The maximum atomic E-state index is 12.1. The van der Waals surface area contributed by atoms with Crippen molar-refractivity contribution >= 4 is 22.4 Å². The summed E-state index contributed by atoms with van der Waals surface area (Å²) in [4.78, 5) is 16.1. The summed E-state index contributed by atoms with van der Waals surface area (Å²) in [5.41, 5.74) is 1.09. The van der Waals surface area contributed by atoms with Crippen LogP contribution < -0.4 is 10.1 Å². The van der Waals surface area contributed by atoms with Crippen molar-refractivity contribution in [2.75, 3.05) is 11.9 Å². The number of benzene rings is 1. The van der Waals surface area contributed by atoms with Crippen molar-refractivity contribution in [1.29, 1.82) is 0 Å². The summed E-state index contributed by atoms with van der Waals surface area (Å²) in [6.45, 7) is 0.425. The van der Waals surface area contributed by atoms with E-state index in [0.29, 0.717) is 18.2 Å². The number of thiazole rings is 1. The molecule has 0 fully saturated rings. The third-order valence-corrected chi connectivity index (χ3v) is 3.60. The molecule has 0 bridgehead atoms. The topological polar surface area (TPSA) is 51.2 Å². The molecule has 1 amide bonds. The molecule has 0 saturated carbocycles. The Labute approximate surface area is 109 Å². The van der Waals surface area contributed by atoms with Gasteiger partial charge < -0.3 is 10.1 Å². The van der Waals surface area contributed by atoms with Crippen LogP contribution in [0.1, 0.15) is 5.56 Å². The van der Waals surface area contributed by atoms with E-state index in [1.54, 1.807) is 6.20 Å². The fourth-order valence-corrected chi connectivity index (χ4v) is 2.52. The largest absolute Gasteiger partial charge is 0.492 e. The fourth-order valence-electron chi connectivity index (χ4n) is 1.99. The summed E-state index contributed by atoms with van der Waals surface area (Å²) in [6, 6.07) is 7.83. The Morgan fingerprint density at radius 3 is 3.17 bits per heavy atom. The number of aromatic nitrogens is 1. The maximum absolute atomic E-state index is 12.1.